The van der Waals surface area contributed by atoms with E-state index in [0.29, 0.717) is 5.56 Å². The van der Waals surface area contributed by atoms with Crippen molar-refractivity contribution in [3.63, 3.8) is 0 Å². The third kappa shape index (κ3) is 3.15. The normalized spacial score (nSPS) is 22.7. The van der Waals surface area contributed by atoms with Crippen molar-refractivity contribution in [1.29, 1.82) is 0 Å². The van der Waals surface area contributed by atoms with Crippen LogP contribution in [0.1, 0.15) is 17.3 Å². The quantitative estimate of drug-likeness (QED) is 0.751. The maximum absolute atomic E-state index is 11.6. The number of hydrogen-bond acceptors (Lipinski definition) is 5. The van der Waals surface area contributed by atoms with Gasteiger partial charge in [0.25, 0.3) is 0 Å². The van der Waals surface area contributed by atoms with Crippen LogP contribution in [0.2, 0.25) is 0 Å². The molecular weight excluding hydrogens is 236 g/mol. The van der Waals surface area contributed by atoms with Crippen molar-refractivity contribution in [1.82, 2.24) is 0 Å². The Morgan fingerprint density at radius 3 is 2.67 bits per heavy atom. The van der Waals surface area contributed by atoms with E-state index in [1.807, 2.05) is 6.07 Å². The second-order valence-electron chi connectivity index (χ2n) is 3.96. The van der Waals surface area contributed by atoms with E-state index in [1.165, 1.54) is 6.92 Å². The van der Waals surface area contributed by atoms with Crippen LogP contribution in [-0.4, -0.2) is 37.4 Å². The Balaban J connectivity index is 1.79. The fourth-order valence-corrected chi connectivity index (χ4v) is 1.56. The van der Waals surface area contributed by atoms with E-state index in [4.69, 9.17) is 14.2 Å². The minimum Gasteiger partial charge on any atom is -0.457 e. The summed E-state index contributed by atoms with van der Waals surface area (Å²) in [5.74, 6) is -0.527. The first-order valence-corrected chi connectivity index (χ1v) is 5.66. The molecule has 1 heterocycles. The zero-order chi connectivity index (χ0) is 13.0. The summed E-state index contributed by atoms with van der Waals surface area (Å²) in [7, 11) is 0. The van der Waals surface area contributed by atoms with Crippen LogP contribution in [0.4, 0.5) is 0 Å². The van der Waals surface area contributed by atoms with Gasteiger partial charge in [-0.05, 0) is 19.1 Å². The Kier molecular flexibility index (Phi) is 4.07. The van der Waals surface area contributed by atoms with E-state index in [2.05, 4.69) is 0 Å². The summed E-state index contributed by atoms with van der Waals surface area (Å²) in [5.41, 5.74) is 0.471. The first-order chi connectivity index (χ1) is 8.66. The highest BCUT2D eigenvalue weighted by Crippen LogP contribution is 2.13. The average Bonchev–Trinajstić information content (AvgIpc) is 2.86. The molecule has 1 unspecified atom stereocenters. The van der Waals surface area contributed by atoms with Gasteiger partial charge in [0.1, 0.15) is 12.7 Å². The monoisotopic (exact) mass is 250 g/mol. The van der Waals surface area contributed by atoms with Crippen LogP contribution in [0.3, 0.4) is 0 Å². The van der Waals surface area contributed by atoms with Crippen molar-refractivity contribution < 1.29 is 23.8 Å². The zero-order valence-electron chi connectivity index (χ0n) is 10.00. The van der Waals surface area contributed by atoms with Gasteiger partial charge < -0.3 is 14.2 Å². The molecule has 1 aliphatic heterocycles. The molecule has 1 saturated heterocycles. The van der Waals surface area contributed by atoms with Gasteiger partial charge in [-0.1, -0.05) is 18.2 Å². The molecule has 96 valence electrons. The summed E-state index contributed by atoms with van der Waals surface area (Å²) in [4.78, 5) is 22.7. The summed E-state index contributed by atoms with van der Waals surface area (Å²) in [6.45, 7) is 1.63. The molecule has 1 aromatic rings. The Bertz CT molecular complexity index is 428. The van der Waals surface area contributed by atoms with Gasteiger partial charge in [-0.15, -0.1) is 0 Å². The van der Waals surface area contributed by atoms with E-state index in [1.54, 1.807) is 24.3 Å². The predicted octanol–water partition coefficient (Wildman–Crippen LogP) is 1.17. The Morgan fingerprint density at radius 2 is 2.06 bits per heavy atom. The fraction of sp³-hybridized carbons (Fsp3) is 0.385. The zero-order valence-corrected chi connectivity index (χ0v) is 10.00. The van der Waals surface area contributed by atoms with Crippen LogP contribution < -0.4 is 0 Å². The molecule has 0 amide bonds. The highest BCUT2D eigenvalue weighted by Gasteiger charge is 2.30. The molecule has 5 nitrogen and oxygen atoms in total. The van der Waals surface area contributed by atoms with Crippen molar-refractivity contribution in [3.05, 3.63) is 35.9 Å². The van der Waals surface area contributed by atoms with E-state index in [-0.39, 0.29) is 19.0 Å². The van der Waals surface area contributed by atoms with Crippen molar-refractivity contribution in [2.24, 2.45) is 0 Å². The van der Waals surface area contributed by atoms with Crippen molar-refractivity contribution in [2.45, 2.75) is 19.3 Å². The molecular formula is C13H14O5. The van der Waals surface area contributed by atoms with Crippen LogP contribution in [-0.2, 0) is 19.0 Å². The number of hydrogen-bond donors (Lipinski definition) is 0. The molecule has 1 aromatic carbocycles. The molecule has 2 rings (SSSR count). The maximum Gasteiger partial charge on any atom is 0.338 e. The molecule has 1 fully saturated rings. The van der Waals surface area contributed by atoms with Crippen LogP contribution in [0.15, 0.2) is 30.3 Å². The lowest BCUT2D eigenvalue weighted by atomic mass is 10.2. The summed E-state index contributed by atoms with van der Waals surface area (Å²) in [6, 6.07) is 8.65. The number of Topliss-reactive ketones (excluding diaryl/α,β-unsaturated/α-hetero) is 1. The first-order valence-electron chi connectivity index (χ1n) is 5.66. The molecule has 0 radical (unpaired) electrons. The summed E-state index contributed by atoms with van der Waals surface area (Å²) < 4.78 is 15.5. The average molecular weight is 250 g/mol. The van der Waals surface area contributed by atoms with Gasteiger partial charge in [-0.2, -0.15) is 0 Å². The summed E-state index contributed by atoms with van der Waals surface area (Å²) >= 11 is 0. The second kappa shape index (κ2) is 5.75. The van der Waals surface area contributed by atoms with Crippen molar-refractivity contribution in [3.8, 4) is 0 Å². The lowest BCUT2D eigenvalue weighted by Crippen LogP contribution is -2.23. The Morgan fingerprint density at radius 1 is 1.33 bits per heavy atom. The second-order valence-corrected chi connectivity index (χ2v) is 3.96. The van der Waals surface area contributed by atoms with Gasteiger partial charge >= 0.3 is 5.97 Å². The number of esters is 1. The molecule has 1 aliphatic rings. The Labute approximate surface area is 105 Å². The lowest BCUT2D eigenvalue weighted by molar-refractivity contribution is -0.132. The lowest BCUT2D eigenvalue weighted by Gasteiger charge is -2.10. The smallest absolute Gasteiger partial charge is 0.338 e. The topological polar surface area (TPSA) is 61.8 Å². The SMILES string of the molecule is CC(=O)[C@H]1COC(COC(=O)c2ccccc2)O1. The van der Waals surface area contributed by atoms with Crippen LogP contribution in [0.25, 0.3) is 0 Å². The number of rotatable bonds is 4. The largest absolute Gasteiger partial charge is 0.457 e. The molecule has 5 heteroatoms. The molecule has 0 aliphatic carbocycles. The maximum atomic E-state index is 11.6. The van der Waals surface area contributed by atoms with Crippen LogP contribution in [0.5, 0.6) is 0 Å². The van der Waals surface area contributed by atoms with Gasteiger partial charge in [0, 0.05) is 0 Å². The molecule has 0 spiro atoms. The summed E-state index contributed by atoms with van der Waals surface area (Å²) in [6.07, 6.45) is -1.21. The minimum absolute atomic E-state index is 0.0164. The number of carbonyl (C=O) groups is 2. The summed E-state index contributed by atoms with van der Waals surface area (Å²) in [5, 5.41) is 0. The number of benzene rings is 1. The van der Waals surface area contributed by atoms with Gasteiger partial charge in [0.2, 0.25) is 0 Å². The van der Waals surface area contributed by atoms with E-state index in [0.717, 1.165) is 0 Å². The van der Waals surface area contributed by atoms with Crippen molar-refractivity contribution in [2.75, 3.05) is 13.2 Å². The minimum atomic E-state index is -0.661. The predicted molar refractivity (Wildman–Crippen MR) is 62.0 cm³/mol. The third-order valence-corrected chi connectivity index (χ3v) is 2.56. The Hall–Kier alpha value is -1.72. The molecule has 0 N–H and O–H groups in total. The van der Waals surface area contributed by atoms with Gasteiger partial charge in [0.15, 0.2) is 12.1 Å². The molecule has 2 atom stereocenters. The van der Waals surface area contributed by atoms with Crippen LogP contribution in [0, 0.1) is 0 Å². The van der Waals surface area contributed by atoms with Crippen LogP contribution >= 0.6 is 0 Å². The first kappa shape index (κ1) is 12.7. The van der Waals surface area contributed by atoms with Gasteiger partial charge in [-0.3, -0.25) is 4.79 Å². The van der Waals surface area contributed by atoms with E-state index >= 15 is 0 Å². The third-order valence-electron chi connectivity index (χ3n) is 2.56. The molecule has 18 heavy (non-hydrogen) atoms. The van der Waals surface area contributed by atoms with E-state index in [9.17, 15) is 9.59 Å². The molecule has 0 aromatic heterocycles. The molecule has 0 saturated carbocycles. The standard InChI is InChI=1S/C13H14O5/c1-9(14)11-7-16-12(18-11)8-17-13(15)10-5-3-2-4-6-10/h2-6,11-12H,7-8H2,1H3/t11-,12?/m1/s1. The molecule has 0 bridgehead atoms. The van der Waals surface area contributed by atoms with Crippen molar-refractivity contribution >= 4 is 11.8 Å². The highest BCUT2D eigenvalue weighted by molar-refractivity contribution is 5.89. The fourth-order valence-electron chi connectivity index (χ4n) is 1.56. The van der Waals surface area contributed by atoms with Gasteiger partial charge in [-0.25, -0.2) is 4.79 Å². The number of ether oxygens (including phenoxy) is 3. The van der Waals surface area contributed by atoms with E-state index < -0.39 is 18.4 Å². The van der Waals surface area contributed by atoms with Gasteiger partial charge in [0.05, 0.1) is 12.2 Å². The number of ketones is 1. The number of carbonyl (C=O) groups excluding carboxylic acids is 2. The highest BCUT2D eigenvalue weighted by atomic mass is 16.7.